The SMILES string of the molecule is COc1cc2c3c(c1O)-c1ccccc1CC3N(CC1CC1)CC2. The van der Waals surface area contributed by atoms with Gasteiger partial charge in [0, 0.05) is 24.7 Å². The number of hydrogen-bond donors (Lipinski definition) is 1. The van der Waals surface area contributed by atoms with Gasteiger partial charge in [-0.15, -0.1) is 0 Å². The summed E-state index contributed by atoms with van der Waals surface area (Å²) in [6, 6.07) is 11.0. The summed E-state index contributed by atoms with van der Waals surface area (Å²) in [7, 11) is 1.64. The summed E-state index contributed by atoms with van der Waals surface area (Å²) >= 11 is 0. The average Bonchev–Trinajstić information content (AvgIpc) is 3.42. The lowest BCUT2D eigenvalue weighted by molar-refractivity contribution is 0.174. The van der Waals surface area contributed by atoms with E-state index in [1.807, 2.05) is 0 Å². The third-order valence-electron chi connectivity index (χ3n) is 5.94. The van der Waals surface area contributed by atoms with Crippen LogP contribution in [0.25, 0.3) is 11.1 Å². The fraction of sp³-hybridized carbons (Fsp3) is 0.429. The molecule has 1 heterocycles. The van der Waals surface area contributed by atoms with E-state index in [0.717, 1.165) is 30.9 Å². The number of fused-ring (bicyclic) bond motifs is 2. The van der Waals surface area contributed by atoms with Gasteiger partial charge in [-0.3, -0.25) is 4.90 Å². The third-order valence-corrected chi connectivity index (χ3v) is 5.94. The van der Waals surface area contributed by atoms with Crippen LogP contribution in [0.15, 0.2) is 30.3 Å². The summed E-state index contributed by atoms with van der Waals surface area (Å²) in [6.07, 6.45) is 4.86. The molecule has 1 aliphatic heterocycles. The Hall–Kier alpha value is -2.00. The first-order chi connectivity index (χ1) is 11.8. The molecule has 2 aromatic carbocycles. The first-order valence-electron chi connectivity index (χ1n) is 9.01. The summed E-state index contributed by atoms with van der Waals surface area (Å²) in [6.45, 7) is 2.32. The number of benzene rings is 2. The Morgan fingerprint density at radius 2 is 2.04 bits per heavy atom. The maximum Gasteiger partial charge on any atom is 0.166 e. The summed E-state index contributed by atoms with van der Waals surface area (Å²) in [5.41, 5.74) is 6.23. The Labute approximate surface area is 142 Å². The van der Waals surface area contributed by atoms with E-state index in [4.69, 9.17) is 4.74 Å². The number of aromatic hydroxyl groups is 1. The van der Waals surface area contributed by atoms with E-state index in [0.29, 0.717) is 17.5 Å². The maximum absolute atomic E-state index is 10.9. The average molecular weight is 321 g/mol. The zero-order valence-electron chi connectivity index (χ0n) is 14.1. The van der Waals surface area contributed by atoms with Crippen LogP contribution in [-0.2, 0) is 12.8 Å². The van der Waals surface area contributed by atoms with Crippen LogP contribution in [0.2, 0.25) is 0 Å². The molecule has 2 aromatic rings. The van der Waals surface area contributed by atoms with Crippen molar-refractivity contribution in [1.29, 1.82) is 0 Å². The highest BCUT2D eigenvalue weighted by Gasteiger charge is 2.38. The molecular weight excluding hydrogens is 298 g/mol. The Balaban J connectivity index is 1.72. The molecule has 0 spiro atoms. The van der Waals surface area contributed by atoms with Crippen molar-refractivity contribution >= 4 is 0 Å². The number of phenolic OH excluding ortho intramolecular Hbond substituents is 1. The Morgan fingerprint density at radius 3 is 2.83 bits per heavy atom. The number of rotatable bonds is 3. The minimum absolute atomic E-state index is 0.307. The van der Waals surface area contributed by atoms with Gasteiger partial charge in [0.15, 0.2) is 11.5 Å². The van der Waals surface area contributed by atoms with Crippen LogP contribution in [-0.4, -0.2) is 30.2 Å². The molecule has 0 amide bonds. The van der Waals surface area contributed by atoms with E-state index >= 15 is 0 Å². The smallest absolute Gasteiger partial charge is 0.166 e. The van der Waals surface area contributed by atoms with Gasteiger partial charge in [-0.2, -0.15) is 0 Å². The second-order valence-corrected chi connectivity index (χ2v) is 7.44. The molecule has 2 aliphatic carbocycles. The van der Waals surface area contributed by atoms with Gasteiger partial charge in [0.2, 0.25) is 0 Å². The van der Waals surface area contributed by atoms with Crippen LogP contribution in [0.4, 0.5) is 0 Å². The van der Waals surface area contributed by atoms with E-state index < -0.39 is 0 Å². The number of methoxy groups -OCH3 is 1. The molecule has 124 valence electrons. The minimum atomic E-state index is 0.307. The summed E-state index contributed by atoms with van der Waals surface area (Å²) < 4.78 is 5.47. The molecule has 1 atom stereocenters. The highest BCUT2D eigenvalue weighted by atomic mass is 16.5. The fourth-order valence-electron chi connectivity index (χ4n) is 4.57. The molecule has 3 heteroatoms. The third kappa shape index (κ3) is 2.07. The number of phenols is 1. The summed E-state index contributed by atoms with van der Waals surface area (Å²) in [4.78, 5) is 2.66. The van der Waals surface area contributed by atoms with E-state index in [-0.39, 0.29) is 0 Å². The second kappa shape index (κ2) is 5.25. The molecule has 0 bridgehead atoms. The van der Waals surface area contributed by atoms with Gasteiger partial charge in [-0.05, 0) is 59.9 Å². The molecule has 3 aliphatic rings. The molecule has 1 unspecified atom stereocenters. The van der Waals surface area contributed by atoms with Crippen LogP contribution in [0.3, 0.4) is 0 Å². The Kier molecular flexibility index (Phi) is 3.14. The fourth-order valence-corrected chi connectivity index (χ4v) is 4.57. The van der Waals surface area contributed by atoms with Crippen LogP contribution >= 0.6 is 0 Å². The van der Waals surface area contributed by atoms with Crippen molar-refractivity contribution in [2.75, 3.05) is 20.2 Å². The highest BCUT2D eigenvalue weighted by molar-refractivity contribution is 5.83. The molecule has 1 N–H and O–H groups in total. The monoisotopic (exact) mass is 321 g/mol. The highest BCUT2D eigenvalue weighted by Crippen LogP contribution is 2.52. The van der Waals surface area contributed by atoms with Gasteiger partial charge in [-0.1, -0.05) is 24.3 Å². The molecule has 0 radical (unpaired) electrons. The lowest BCUT2D eigenvalue weighted by Crippen LogP contribution is -2.39. The van der Waals surface area contributed by atoms with Gasteiger partial charge >= 0.3 is 0 Å². The van der Waals surface area contributed by atoms with Gasteiger partial charge in [0.05, 0.1) is 7.11 Å². The molecular formula is C21H23NO2. The lowest BCUT2D eigenvalue weighted by atomic mass is 9.76. The van der Waals surface area contributed by atoms with E-state index in [1.165, 1.54) is 41.6 Å². The lowest BCUT2D eigenvalue weighted by Gasteiger charge is -2.42. The standard InChI is InChI=1S/C21H23NO2/c1-24-18-11-15-8-9-22(12-13-6-7-13)17-10-14-4-2-3-5-16(14)20(19(15)17)21(18)23/h2-5,11,13,17,23H,6-10,12H2,1H3. The van der Waals surface area contributed by atoms with Crippen LogP contribution in [0.1, 0.15) is 35.6 Å². The van der Waals surface area contributed by atoms with Crippen molar-refractivity contribution < 1.29 is 9.84 Å². The molecule has 5 rings (SSSR count). The quantitative estimate of drug-likeness (QED) is 0.929. The maximum atomic E-state index is 10.9. The normalized spacial score (nSPS) is 22.0. The van der Waals surface area contributed by atoms with Crippen LogP contribution < -0.4 is 4.74 Å². The first-order valence-corrected chi connectivity index (χ1v) is 9.01. The van der Waals surface area contributed by atoms with Crippen molar-refractivity contribution in [1.82, 2.24) is 4.90 Å². The van der Waals surface area contributed by atoms with E-state index in [1.54, 1.807) is 7.11 Å². The topological polar surface area (TPSA) is 32.7 Å². The minimum Gasteiger partial charge on any atom is -0.504 e. The predicted octanol–water partition coefficient (Wildman–Crippen LogP) is 3.93. The van der Waals surface area contributed by atoms with Gasteiger partial charge in [0.1, 0.15) is 0 Å². The van der Waals surface area contributed by atoms with Crippen molar-refractivity contribution in [2.24, 2.45) is 5.92 Å². The first kappa shape index (κ1) is 14.4. The molecule has 0 saturated heterocycles. The van der Waals surface area contributed by atoms with Crippen molar-refractivity contribution in [2.45, 2.75) is 31.7 Å². The van der Waals surface area contributed by atoms with Crippen LogP contribution in [0, 0.1) is 5.92 Å². The zero-order valence-corrected chi connectivity index (χ0v) is 14.1. The second-order valence-electron chi connectivity index (χ2n) is 7.44. The number of hydrogen-bond acceptors (Lipinski definition) is 3. The van der Waals surface area contributed by atoms with Gasteiger partial charge in [0.25, 0.3) is 0 Å². The Morgan fingerprint density at radius 1 is 1.21 bits per heavy atom. The molecule has 0 aromatic heterocycles. The van der Waals surface area contributed by atoms with E-state index in [9.17, 15) is 5.11 Å². The summed E-state index contributed by atoms with van der Waals surface area (Å²) in [5, 5.41) is 10.9. The molecule has 24 heavy (non-hydrogen) atoms. The van der Waals surface area contributed by atoms with Crippen molar-refractivity contribution in [3.63, 3.8) is 0 Å². The van der Waals surface area contributed by atoms with Gasteiger partial charge in [-0.25, -0.2) is 0 Å². The van der Waals surface area contributed by atoms with Crippen LogP contribution in [0.5, 0.6) is 11.5 Å². The molecule has 3 nitrogen and oxygen atoms in total. The zero-order chi connectivity index (χ0) is 16.3. The largest absolute Gasteiger partial charge is 0.504 e. The Bertz CT molecular complexity index is 810. The van der Waals surface area contributed by atoms with Gasteiger partial charge < -0.3 is 9.84 Å². The van der Waals surface area contributed by atoms with Crippen molar-refractivity contribution in [3.05, 3.63) is 47.0 Å². The predicted molar refractivity (Wildman–Crippen MR) is 94.5 cm³/mol. The molecule has 1 fully saturated rings. The number of nitrogens with zero attached hydrogens (tertiary/aromatic N) is 1. The molecule has 1 saturated carbocycles. The van der Waals surface area contributed by atoms with E-state index in [2.05, 4.69) is 35.2 Å². The van der Waals surface area contributed by atoms with Crippen molar-refractivity contribution in [3.8, 4) is 22.6 Å². The summed E-state index contributed by atoms with van der Waals surface area (Å²) in [5.74, 6) is 1.80. The number of ether oxygens (including phenoxy) is 1.